The minimum absolute atomic E-state index is 0.109. The second-order valence-electron chi connectivity index (χ2n) is 4.09. The standard InChI is InChI=1S/C12H15BrFNO2/c1-8(2)6-15-12(16)7-17-11-4-9(13)3-10(14)5-11/h3-5,8H,6-7H2,1-2H3,(H,15,16). The number of halogens is 2. The highest BCUT2D eigenvalue weighted by Gasteiger charge is 2.05. The molecule has 0 spiro atoms. The molecule has 1 N–H and O–H groups in total. The van der Waals surface area contributed by atoms with E-state index in [1.165, 1.54) is 12.1 Å². The van der Waals surface area contributed by atoms with E-state index in [2.05, 4.69) is 21.2 Å². The number of ether oxygens (including phenoxy) is 1. The SMILES string of the molecule is CC(C)CNC(=O)COc1cc(F)cc(Br)c1. The van der Waals surface area contributed by atoms with Gasteiger partial charge in [-0.15, -0.1) is 0 Å². The van der Waals surface area contributed by atoms with Crippen molar-refractivity contribution in [3.63, 3.8) is 0 Å². The van der Waals surface area contributed by atoms with Gasteiger partial charge in [0, 0.05) is 17.1 Å². The highest BCUT2D eigenvalue weighted by molar-refractivity contribution is 9.10. The van der Waals surface area contributed by atoms with Gasteiger partial charge in [0.2, 0.25) is 0 Å². The average molecular weight is 304 g/mol. The molecule has 1 aromatic rings. The molecule has 3 nitrogen and oxygen atoms in total. The van der Waals surface area contributed by atoms with Crippen LogP contribution in [0.15, 0.2) is 22.7 Å². The first kappa shape index (κ1) is 14.0. The van der Waals surface area contributed by atoms with Crippen molar-refractivity contribution >= 4 is 21.8 Å². The summed E-state index contributed by atoms with van der Waals surface area (Å²) in [5, 5.41) is 2.71. The summed E-state index contributed by atoms with van der Waals surface area (Å²) >= 11 is 3.15. The molecule has 0 heterocycles. The number of hydrogen-bond acceptors (Lipinski definition) is 2. The van der Waals surface area contributed by atoms with E-state index in [1.54, 1.807) is 6.07 Å². The Morgan fingerprint density at radius 1 is 1.47 bits per heavy atom. The molecule has 17 heavy (non-hydrogen) atoms. The number of carbonyl (C=O) groups excluding carboxylic acids is 1. The van der Waals surface area contributed by atoms with Gasteiger partial charge in [-0.2, -0.15) is 0 Å². The third-order valence-electron chi connectivity index (χ3n) is 1.91. The predicted octanol–water partition coefficient (Wildman–Crippen LogP) is 2.74. The monoisotopic (exact) mass is 303 g/mol. The van der Waals surface area contributed by atoms with Crippen molar-refractivity contribution in [2.45, 2.75) is 13.8 Å². The minimum atomic E-state index is -0.406. The van der Waals surface area contributed by atoms with Gasteiger partial charge >= 0.3 is 0 Å². The molecule has 1 aromatic carbocycles. The van der Waals surface area contributed by atoms with Crippen LogP contribution in [-0.2, 0) is 4.79 Å². The summed E-state index contributed by atoms with van der Waals surface area (Å²) in [6.07, 6.45) is 0. The fourth-order valence-corrected chi connectivity index (χ4v) is 1.57. The molecule has 0 radical (unpaired) electrons. The van der Waals surface area contributed by atoms with E-state index in [-0.39, 0.29) is 12.5 Å². The van der Waals surface area contributed by atoms with E-state index in [0.29, 0.717) is 22.7 Å². The van der Waals surface area contributed by atoms with Crippen LogP contribution in [0.2, 0.25) is 0 Å². The molecule has 0 bridgehead atoms. The van der Waals surface area contributed by atoms with E-state index in [4.69, 9.17) is 4.74 Å². The van der Waals surface area contributed by atoms with Crippen molar-refractivity contribution in [3.8, 4) is 5.75 Å². The largest absolute Gasteiger partial charge is 0.484 e. The fourth-order valence-electron chi connectivity index (χ4n) is 1.13. The van der Waals surface area contributed by atoms with Crippen molar-refractivity contribution in [1.29, 1.82) is 0 Å². The summed E-state index contributed by atoms with van der Waals surface area (Å²) in [7, 11) is 0. The summed E-state index contributed by atoms with van der Waals surface area (Å²) in [5.74, 6) is 0.106. The molecule has 0 atom stereocenters. The van der Waals surface area contributed by atoms with Gasteiger partial charge < -0.3 is 10.1 Å². The maximum absolute atomic E-state index is 13.0. The van der Waals surface area contributed by atoms with Crippen molar-refractivity contribution in [3.05, 3.63) is 28.5 Å². The summed E-state index contributed by atoms with van der Waals surface area (Å²) in [4.78, 5) is 11.3. The molecule has 1 rings (SSSR count). The lowest BCUT2D eigenvalue weighted by Crippen LogP contribution is -2.31. The van der Waals surface area contributed by atoms with Gasteiger partial charge in [-0.3, -0.25) is 4.79 Å². The number of hydrogen-bond donors (Lipinski definition) is 1. The molecule has 0 saturated heterocycles. The molecule has 0 aliphatic carbocycles. The molecule has 1 amide bonds. The summed E-state index contributed by atoms with van der Waals surface area (Å²) in [5.41, 5.74) is 0. The lowest BCUT2D eigenvalue weighted by molar-refractivity contribution is -0.123. The molecule has 94 valence electrons. The fraction of sp³-hybridized carbons (Fsp3) is 0.417. The zero-order chi connectivity index (χ0) is 12.8. The number of amides is 1. The maximum atomic E-state index is 13.0. The van der Waals surface area contributed by atoms with Crippen molar-refractivity contribution in [2.24, 2.45) is 5.92 Å². The van der Waals surface area contributed by atoms with Crippen LogP contribution < -0.4 is 10.1 Å². The molecular formula is C12H15BrFNO2. The topological polar surface area (TPSA) is 38.3 Å². The normalized spacial score (nSPS) is 10.4. The van der Waals surface area contributed by atoms with Crippen LogP contribution in [0, 0.1) is 11.7 Å². The van der Waals surface area contributed by atoms with Crippen LogP contribution in [0.25, 0.3) is 0 Å². The Balaban J connectivity index is 2.42. The first-order valence-electron chi connectivity index (χ1n) is 5.33. The van der Waals surface area contributed by atoms with Crippen LogP contribution in [0.5, 0.6) is 5.75 Å². The first-order valence-corrected chi connectivity index (χ1v) is 6.12. The Labute approximate surface area is 108 Å². The van der Waals surface area contributed by atoms with E-state index >= 15 is 0 Å². The van der Waals surface area contributed by atoms with E-state index in [9.17, 15) is 9.18 Å². The number of rotatable bonds is 5. The molecule has 0 saturated carbocycles. The minimum Gasteiger partial charge on any atom is -0.484 e. The predicted molar refractivity (Wildman–Crippen MR) is 67.4 cm³/mol. The smallest absolute Gasteiger partial charge is 0.257 e. The Bertz CT molecular complexity index is 376. The van der Waals surface area contributed by atoms with Gasteiger partial charge in [0.15, 0.2) is 6.61 Å². The molecule has 0 fully saturated rings. The molecular weight excluding hydrogens is 289 g/mol. The summed E-state index contributed by atoms with van der Waals surface area (Å²) < 4.78 is 18.8. The molecule has 0 unspecified atom stereocenters. The van der Waals surface area contributed by atoms with Crippen LogP contribution in [0.1, 0.15) is 13.8 Å². The van der Waals surface area contributed by atoms with Crippen LogP contribution in [0.4, 0.5) is 4.39 Å². The van der Waals surface area contributed by atoms with E-state index in [0.717, 1.165) is 0 Å². The molecule has 0 aliphatic rings. The second kappa shape index (κ2) is 6.59. The molecule has 0 aliphatic heterocycles. The lowest BCUT2D eigenvalue weighted by atomic mass is 10.2. The zero-order valence-electron chi connectivity index (χ0n) is 9.80. The van der Waals surface area contributed by atoms with Crippen molar-refractivity contribution < 1.29 is 13.9 Å². The Morgan fingerprint density at radius 2 is 2.18 bits per heavy atom. The van der Waals surface area contributed by atoms with Crippen LogP contribution in [0.3, 0.4) is 0 Å². The lowest BCUT2D eigenvalue weighted by Gasteiger charge is -2.09. The maximum Gasteiger partial charge on any atom is 0.257 e. The van der Waals surface area contributed by atoms with Crippen molar-refractivity contribution in [2.75, 3.05) is 13.2 Å². The van der Waals surface area contributed by atoms with E-state index in [1.807, 2.05) is 13.8 Å². The van der Waals surface area contributed by atoms with Crippen LogP contribution >= 0.6 is 15.9 Å². The second-order valence-corrected chi connectivity index (χ2v) is 5.01. The van der Waals surface area contributed by atoms with Gasteiger partial charge in [0.25, 0.3) is 5.91 Å². The Morgan fingerprint density at radius 3 is 2.76 bits per heavy atom. The van der Waals surface area contributed by atoms with Crippen molar-refractivity contribution in [1.82, 2.24) is 5.32 Å². The van der Waals surface area contributed by atoms with Gasteiger partial charge in [0.1, 0.15) is 11.6 Å². The highest BCUT2D eigenvalue weighted by Crippen LogP contribution is 2.20. The number of nitrogens with one attached hydrogen (secondary N) is 1. The third-order valence-corrected chi connectivity index (χ3v) is 2.37. The van der Waals surface area contributed by atoms with E-state index < -0.39 is 5.82 Å². The van der Waals surface area contributed by atoms with Crippen LogP contribution in [-0.4, -0.2) is 19.1 Å². The first-order chi connectivity index (χ1) is 7.97. The zero-order valence-corrected chi connectivity index (χ0v) is 11.4. The number of carbonyl (C=O) groups is 1. The molecule has 0 aromatic heterocycles. The third kappa shape index (κ3) is 5.68. The quantitative estimate of drug-likeness (QED) is 0.908. The highest BCUT2D eigenvalue weighted by atomic mass is 79.9. The molecule has 5 heteroatoms. The summed E-state index contributed by atoms with van der Waals surface area (Å²) in [6.45, 7) is 4.51. The van der Waals surface area contributed by atoms with Gasteiger partial charge in [-0.1, -0.05) is 29.8 Å². The summed E-state index contributed by atoms with van der Waals surface area (Å²) in [6, 6.07) is 4.17. The Kier molecular flexibility index (Phi) is 5.41. The van der Waals surface area contributed by atoms with Gasteiger partial charge in [0.05, 0.1) is 0 Å². The van der Waals surface area contributed by atoms with Gasteiger partial charge in [-0.25, -0.2) is 4.39 Å². The Hall–Kier alpha value is -1.10. The van der Waals surface area contributed by atoms with Gasteiger partial charge in [-0.05, 0) is 18.1 Å². The average Bonchev–Trinajstić information content (AvgIpc) is 2.22. The number of benzene rings is 1.